The Morgan fingerprint density at radius 2 is 2.00 bits per heavy atom. The first-order valence-corrected chi connectivity index (χ1v) is 6.92. The topological polar surface area (TPSA) is 29.9 Å². The standard InChI is InChI=1S/C15H18F3N3/c1-2-3-9-21-10-8-19-14(21)20-11-12-6-4-5-7-13(12)15(16,17)18/h4-8,10H,2-3,9,11H2,1H3,(H,19,20). The highest BCUT2D eigenvalue weighted by molar-refractivity contribution is 5.34. The molecule has 0 bridgehead atoms. The van der Waals surface area contributed by atoms with Gasteiger partial charge < -0.3 is 9.88 Å². The van der Waals surface area contributed by atoms with E-state index in [1.807, 2.05) is 10.8 Å². The number of rotatable bonds is 6. The summed E-state index contributed by atoms with van der Waals surface area (Å²) in [7, 11) is 0. The van der Waals surface area contributed by atoms with Gasteiger partial charge in [-0.2, -0.15) is 13.2 Å². The maximum atomic E-state index is 12.9. The Morgan fingerprint density at radius 1 is 1.24 bits per heavy atom. The van der Waals surface area contributed by atoms with Crippen molar-refractivity contribution in [2.24, 2.45) is 0 Å². The maximum Gasteiger partial charge on any atom is 0.416 e. The molecule has 1 N–H and O–H groups in total. The number of aromatic nitrogens is 2. The number of imidazole rings is 1. The van der Waals surface area contributed by atoms with E-state index in [9.17, 15) is 13.2 Å². The average Bonchev–Trinajstić information content (AvgIpc) is 2.89. The van der Waals surface area contributed by atoms with Gasteiger partial charge in [-0.15, -0.1) is 0 Å². The van der Waals surface area contributed by atoms with Crippen LogP contribution in [0.4, 0.5) is 19.1 Å². The molecule has 0 atom stereocenters. The highest BCUT2D eigenvalue weighted by atomic mass is 19.4. The lowest BCUT2D eigenvalue weighted by Gasteiger charge is -2.14. The Balaban J connectivity index is 2.09. The van der Waals surface area contributed by atoms with Gasteiger partial charge in [0, 0.05) is 25.5 Å². The van der Waals surface area contributed by atoms with E-state index in [0.29, 0.717) is 5.95 Å². The number of benzene rings is 1. The zero-order valence-electron chi connectivity index (χ0n) is 11.8. The SMILES string of the molecule is CCCCn1ccnc1NCc1ccccc1C(F)(F)F. The molecule has 0 unspecified atom stereocenters. The smallest absolute Gasteiger partial charge is 0.352 e. The second kappa shape index (κ2) is 6.65. The Labute approximate surface area is 121 Å². The van der Waals surface area contributed by atoms with Gasteiger partial charge in [-0.1, -0.05) is 31.5 Å². The van der Waals surface area contributed by atoms with E-state index in [1.54, 1.807) is 12.3 Å². The van der Waals surface area contributed by atoms with Gasteiger partial charge in [0.2, 0.25) is 5.95 Å². The van der Waals surface area contributed by atoms with Crippen molar-refractivity contribution in [2.45, 2.75) is 39.0 Å². The fourth-order valence-electron chi connectivity index (χ4n) is 2.11. The summed E-state index contributed by atoms with van der Waals surface area (Å²) in [4.78, 5) is 4.15. The van der Waals surface area contributed by atoms with E-state index in [-0.39, 0.29) is 12.1 Å². The van der Waals surface area contributed by atoms with Crippen LogP contribution < -0.4 is 5.32 Å². The zero-order valence-corrected chi connectivity index (χ0v) is 11.8. The number of halogens is 3. The monoisotopic (exact) mass is 297 g/mol. The van der Waals surface area contributed by atoms with E-state index < -0.39 is 11.7 Å². The molecule has 2 aromatic rings. The highest BCUT2D eigenvalue weighted by Crippen LogP contribution is 2.32. The molecule has 1 aromatic carbocycles. The number of nitrogens with one attached hydrogen (secondary N) is 1. The van der Waals surface area contributed by atoms with Gasteiger partial charge in [0.25, 0.3) is 0 Å². The van der Waals surface area contributed by atoms with Crippen LogP contribution in [0.3, 0.4) is 0 Å². The first kappa shape index (κ1) is 15.4. The van der Waals surface area contributed by atoms with Crippen LogP contribution in [-0.4, -0.2) is 9.55 Å². The summed E-state index contributed by atoms with van der Waals surface area (Å²) in [6.07, 6.45) is 1.19. The number of hydrogen-bond acceptors (Lipinski definition) is 2. The normalized spacial score (nSPS) is 11.6. The van der Waals surface area contributed by atoms with Gasteiger partial charge in [0.05, 0.1) is 5.56 Å². The van der Waals surface area contributed by atoms with Crippen LogP contribution in [0.15, 0.2) is 36.7 Å². The zero-order chi connectivity index (χ0) is 15.3. The molecule has 2 rings (SSSR count). The first-order valence-electron chi connectivity index (χ1n) is 6.92. The van der Waals surface area contributed by atoms with E-state index in [2.05, 4.69) is 17.2 Å². The molecule has 6 heteroatoms. The summed E-state index contributed by atoms with van der Waals surface area (Å²) in [6.45, 7) is 2.99. The number of alkyl halides is 3. The summed E-state index contributed by atoms with van der Waals surface area (Å²) in [5, 5.41) is 2.98. The molecule has 0 fully saturated rings. The van der Waals surface area contributed by atoms with Gasteiger partial charge in [-0.25, -0.2) is 4.98 Å². The van der Waals surface area contributed by atoms with Crippen molar-refractivity contribution >= 4 is 5.95 Å². The molecule has 1 aromatic heterocycles. The third-order valence-electron chi connectivity index (χ3n) is 3.23. The van der Waals surface area contributed by atoms with Crippen LogP contribution >= 0.6 is 0 Å². The Hall–Kier alpha value is -1.98. The average molecular weight is 297 g/mol. The first-order chi connectivity index (χ1) is 10.0. The van der Waals surface area contributed by atoms with Crippen LogP contribution in [0.25, 0.3) is 0 Å². The summed E-state index contributed by atoms with van der Waals surface area (Å²) in [5.74, 6) is 0.598. The van der Waals surface area contributed by atoms with Crippen molar-refractivity contribution in [2.75, 3.05) is 5.32 Å². The lowest BCUT2D eigenvalue weighted by Crippen LogP contribution is -2.13. The molecule has 0 aliphatic carbocycles. The lowest BCUT2D eigenvalue weighted by atomic mass is 10.1. The molecule has 0 aliphatic heterocycles. The third kappa shape index (κ3) is 4.00. The summed E-state index contributed by atoms with van der Waals surface area (Å²) in [6, 6.07) is 5.58. The minimum absolute atomic E-state index is 0.0961. The molecular weight excluding hydrogens is 279 g/mol. The van der Waals surface area contributed by atoms with Crippen LogP contribution in [-0.2, 0) is 19.3 Å². The van der Waals surface area contributed by atoms with Crippen LogP contribution in [0, 0.1) is 0 Å². The van der Waals surface area contributed by atoms with Crippen molar-refractivity contribution in [1.29, 1.82) is 0 Å². The fraction of sp³-hybridized carbons (Fsp3) is 0.400. The van der Waals surface area contributed by atoms with Crippen LogP contribution in [0.2, 0.25) is 0 Å². The minimum Gasteiger partial charge on any atom is -0.352 e. The Morgan fingerprint density at radius 3 is 2.71 bits per heavy atom. The van der Waals surface area contributed by atoms with Crippen molar-refractivity contribution in [1.82, 2.24) is 9.55 Å². The van der Waals surface area contributed by atoms with E-state index in [4.69, 9.17) is 0 Å². The molecule has 114 valence electrons. The molecule has 0 aliphatic rings. The molecule has 1 heterocycles. The van der Waals surface area contributed by atoms with Gasteiger partial charge in [0.15, 0.2) is 0 Å². The summed E-state index contributed by atoms with van der Waals surface area (Å²) >= 11 is 0. The molecular formula is C15H18F3N3. The largest absolute Gasteiger partial charge is 0.416 e. The highest BCUT2D eigenvalue weighted by Gasteiger charge is 2.32. The van der Waals surface area contributed by atoms with Gasteiger partial charge in [-0.3, -0.25) is 0 Å². The maximum absolute atomic E-state index is 12.9. The number of hydrogen-bond donors (Lipinski definition) is 1. The molecule has 0 amide bonds. The van der Waals surface area contributed by atoms with Crippen molar-refractivity contribution in [3.63, 3.8) is 0 Å². The quantitative estimate of drug-likeness (QED) is 0.861. The molecule has 0 saturated heterocycles. The second-order valence-electron chi connectivity index (χ2n) is 4.81. The number of unbranched alkanes of at least 4 members (excludes halogenated alkanes) is 1. The van der Waals surface area contributed by atoms with Crippen molar-refractivity contribution in [3.05, 3.63) is 47.8 Å². The number of anilines is 1. The predicted octanol–water partition coefficient (Wildman–Crippen LogP) is 4.31. The molecule has 3 nitrogen and oxygen atoms in total. The van der Waals surface area contributed by atoms with Gasteiger partial charge >= 0.3 is 6.18 Å². The van der Waals surface area contributed by atoms with Crippen molar-refractivity contribution < 1.29 is 13.2 Å². The van der Waals surface area contributed by atoms with Gasteiger partial charge in [0.1, 0.15) is 0 Å². The minimum atomic E-state index is -4.34. The number of aryl methyl sites for hydroxylation is 1. The fourth-order valence-corrected chi connectivity index (χ4v) is 2.11. The molecule has 0 saturated carbocycles. The Kier molecular flexibility index (Phi) is 4.88. The molecule has 0 spiro atoms. The van der Waals surface area contributed by atoms with Crippen LogP contribution in [0.5, 0.6) is 0 Å². The van der Waals surface area contributed by atoms with Crippen molar-refractivity contribution in [3.8, 4) is 0 Å². The van der Waals surface area contributed by atoms with E-state index >= 15 is 0 Å². The third-order valence-corrected chi connectivity index (χ3v) is 3.23. The predicted molar refractivity (Wildman–Crippen MR) is 75.9 cm³/mol. The second-order valence-corrected chi connectivity index (χ2v) is 4.81. The van der Waals surface area contributed by atoms with Gasteiger partial charge in [-0.05, 0) is 18.1 Å². The van der Waals surface area contributed by atoms with E-state index in [1.165, 1.54) is 12.1 Å². The molecule has 21 heavy (non-hydrogen) atoms. The van der Waals surface area contributed by atoms with Crippen LogP contribution in [0.1, 0.15) is 30.9 Å². The number of nitrogens with zero attached hydrogens (tertiary/aromatic N) is 2. The molecule has 0 radical (unpaired) electrons. The summed E-state index contributed by atoms with van der Waals surface area (Å²) in [5.41, 5.74) is -0.390. The van der Waals surface area contributed by atoms with E-state index in [0.717, 1.165) is 25.5 Å². The Bertz CT molecular complexity index is 576. The lowest BCUT2D eigenvalue weighted by molar-refractivity contribution is -0.138. The summed E-state index contributed by atoms with van der Waals surface area (Å²) < 4.78 is 40.7.